The van der Waals surface area contributed by atoms with Crippen molar-refractivity contribution in [2.24, 2.45) is 7.05 Å². The number of aromatic nitrogens is 1. The summed E-state index contributed by atoms with van der Waals surface area (Å²) in [5.74, 6) is -0.727. The van der Waals surface area contributed by atoms with E-state index >= 15 is 0 Å². The van der Waals surface area contributed by atoms with Crippen molar-refractivity contribution in [2.45, 2.75) is 18.9 Å². The van der Waals surface area contributed by atoms with E-state index in [1.807, 2.05) is 0 Å². The van der Waals surface area contributed by atoms with Crippen molar-refractivity contribution in [3.8, 4) is 10.4 Å². The number of carbonyl (C=O) groups excluding carboxylic acids is 1. The maximum absolute atomic E-state index is 13.6. The van der Waals surface area contributed by atoms with Crippen molar-refractivity contribution in [1.29, 1.82) is 0 Å². The van der Waals surface area contributed by atoms with E-state index in [0.717, 1.165) is 9.47 Å². The molecule has 0 spiro atoms. The number of pyridine rings is 1. The maximum Gasteiger partial charge on any atom is 0.416 e. The van der Waals surface area contributed by atoms with Gasteiger partial charge in [0.1, 0.15) is 5.69 Å². The second-order valence-electron chi connectivity index (χ2n) is 8.19. The molecule has 0 saturated carbocycles. The van der Waals surface area contributed by atoms with Crippen LogP contribution in [-0.2, 0) is 25.9 Å². The third-order valence-electron chi connectivity index (χ3n) is 5.69. The molecule has 2 aromatic carbocycles. The number of rotatable bonds is 4. The molecule has 2 heterocycles. The predicted octanol–water partition coefficient (Wildman–Crippen LogP) is 6.58. The first kappa shape index (κ1) is 25.5. The summed E-state index contributed by atoms with van der Waals surface area (Å²) in [5.41, 5.74) is -3.31. The number of nitrogens with zero attached hydrogens (tertiary/aromatic N) is 2. The molecule has 0 aliphatic rings. The summed E-state index contributed by atoms with van der Waals surface area (Å²) in [6.45, 7) is -0.545. The van der Waals surface area contributed by atoms with Gasteiger partial charge in [-0.1, -0.05) is 24.3 Å². The Hall–Kier alpha value is -3.60. The maximum atomic E-state index is 13.6. The SMILES string of the molecule is CN(Cc1cc(C(F)(F)F)cc(C(F)(F)F)c1)C(=O)c1c(-c2cccs2)c2ccccc2c(=O)n1C. The van der Waals surface area contributed by atoms with Gasteiger partial charge in [-0.3, -0.25) is 9.59 Å². The smallest absolute Gasteiger partial charge is 0.336 e. The molecule has 4 rings (SSSR count). The van der Waals surface area contributed by atoms with Crippen LogP contribution in [0.2, 0.25) is 0 Å². The van der Waals surface area contributed by atoms with Gasteiger partial charge in [0.15, 0.2) is 0 Å². The highest BCUT2D eigenvalue weighted by atomic mass is 32.1. The first-order chi connectivity index (χ1) is 16.8. The summed E-state index contributed by atoms with van der Waals surface area (Å²) in [7, 11) is 2.66. The molecule has 4 aromatic rings. The normalized spacial score (nSPS) is 12.2. The molecule has 36 heavy (non-hydrogen) atoms. The molecular formula is C25H18F6N2O2S. The van der Waals surface area contributed by atoms with Crippen LogP contribution in [-0.4, -0.2) is 22.4 Å². The Labute approximate surface area is 205 Å². The number of thiophene rings is 1. The topological polar surface area (TPSA) is 42.3 Å². The van der Waals surface area contributed by atoms with Gasteiger partial charge in [0.2, 0.25) is 0 Å². The molecule has 0 atom stereocenters. The van der Waals surface area contributed by atoms with Crippen molar-refractivity contribution in [2.75, 3.05) is 7.05 Å². The van der Waals surface area contributed by atoms with Gasteiger partial charge in [-0.2, -0.15) is 26.3 Å². The highest BCUT2D eigenvalue weighted by molar-refractivity contribution is 7.13. The second kappa shape index (κ2) is 9.12. The molecule has 0 fully saturated rings. The number of alkyl halides is 6. The van der Waals surface area contributed by atoms with Crippen LogP contribution < -0.4 is 5.56 Å². The van der Waals surface area contributed by atoms with E-state index in [4.69, 9.17) is 0 Å². The molecule has 11 heteroatoms. The van der Waals surface area contributed by atoms with Gasteiger partial charge in [0.25, 0.3) is 11.5 Å². The van der Waals surface area contributed by atoms with Crippen LogP contribution in [0.25, 0.3) is 21.2 Å². The molecule has 1 amide bonds. The first-order valence-corrected chi connectivity index (χ1v) is 11.4. The highest BCUT2D eigenvalue weighted by Gasteiger charge is 2.37. The van der Waals surface area contributed by atoms with Crippen molar-refractivity contribution in [3.05, 3.63) is 92.7 Å². The number of fused-ring (bicyclic) bond motifs is 1. The zero-order valence-electron chi connectivity index (χ0n) is 18.9. The lowest BCUT2D eigenvalue weighted by molar-refractivity contribution is -0.143. The Balaban J connectivity index is 1.83. The van der Waals surface area contributed by atoms with E-state index in [-0.39, 0.29) is 17.3 Å². The average Bonchev–Trinajstić information content (AvgIpc) is 3.34. The van der Waals surface area contributed by atoms with Crippen molar-refractivity contribution >= 4 is 28.0 Å². The lowest BCUT2D eigenvalue weighted by atomic mass is 10.0. The van der Waals surface area contributed by atoms with Gasteiger partial charge in [-0.15, -0.1) is 11.3 Å². The van der Waals surface area contributed by atoms with Crippen LogP contribution >= 0.6 is 11.3 Å². The molecule has 188 valence electrons. The first-order valence-electron chi connectivity index (χ1n) is 10.5. The largest absolute Gasteiger partial charge is 0.416 e. The van der Waals surface area contributed by atoms with Gasteiger partial charge in [0.05, 0.1) is 11.1 Å². The third kappa shape index (κ3) is 4.75. The van der Waals surface area contributed by atoms with Gasteiger partial charge in [-0.25, -0.2) is 0 Å². The molecule has 0 saturated heterocycles. The summed E-state index contributed by atoms with van der Waals surface area (Å²) >= 11 is 1.33. The third-order valence-corrected chi connectivity index (χ3v) is 6.58. The summed E-state index contributed by atoms with van der Waals surface area (Å²) < 4.78 is 80.8. The minimum atomic E-state index is -5.01. The Morgan fingerprint density at radius 2 is 1.50 bits per heavy atom. The Morgan fingerprint density at radius 3 is 2.03 bits per heavy atom. The molecule has 0 aliphatic carbocycles. The van der Waals surface area contributed by atoms with E-state index in [2.05, 4.69) is 0 Å². The van der Waals surface area contributed by atoms with Gasteiger partial charge < -0.3 is 9.47 Å². The van der Waals surface area contributed by atoms with Gasteiger partial charge in [-0.05, 0) is 46.7 Å². The highest BCUT2D eigenvalue weighted by Crippen LogP contribution is 2.37. The summed E-state index contributed by atoms with van der Waals surface area (Å²) in [6.07, 6.45) is -10.0. The fraction of sp³-hybridized carbons (Fsp3) is 0.200. The minimum absolute atomic E-state index is 0.0216. The van der Waals surface area contributed by atoms with Crippen LogP contribution in [0.4, 0.5) is 26.3 Å². The molecule has 0 aliphatic heterocycles. The molecule has 0 unspecified atom stereocenters. The zero-order valence-corrected chi connectivity index (χ0v) is 19.7. The second-order valence-corrected chi connectivity index (χ2v) is 9.13. The van der Waals surface area contributed by atoms with Crippen LogP contribution in [0.5, 0.6) is 0 Å². The number of halogens is 6. The standard InChI is InChI=1S/C25H18F6N2O2S/c1-32(13-14-10-15(24(26,27)28)12-16(11-14)25(29,30)31)23(35)21-20(19-8-5-9-36-19)17-6-3-4-7-18(17)22(34)33(21)2/h3-12H,13H2,1-2H3. The summed E-state index contributed by atoms with van der Waals surface area (Å²) in [4.78, 5) is 28.3. The van der Waals surface area contributed by atoms with Crippen LogP contribution in [0, 0.1) is 0 Å². The number of benzene rings is 2. The van der Waals surface area contributed by atoms with Crippen molar-refractivity contribution in [3.63, 3.8) is 0 Å². The summed E-state index contributed by atoms with van der Waals surface area (Å²) in [5, 5.41) is 2.67. The van der Waals surface area contributed by atoms with Gasteiger partial charge in [0, 0.05) is 36.5 Å². The molecule has 2 aromatic heterocycles. The van der Waals surface area contributed by atoms with Crippen molar-refractivity contribution in [1.82, 2.24) is 9.47 Å². The molecular weight excluding hydrogens is 506 g/mol. The number of hydrogen-bond donors (Lipinski definition) is 0. The minimum Gasteiger partial charge on any atom is -0.336 e. The van der Waals surface area contributed by atoms with Crippen LogP contribution in [0.1, 0.15) is 27.2 Å². The zero-order chi connectivity index (χ0) is 26.4. The van der Waals surface area contributed by atoms with E-state index < -0.39 is 41.5 Å². The van der Waals surface area contributed by atoms with Gasteiger partial charge >= 0.3 is 12.4 Å². The van der Waals surface area contributed by atoms with Crippen LogP contribution in [0.3, 0.4) is 0 Å². The van der Waals surface area contributed by atoms with Crippen molar-refractivity contribution < 1.29 is 31.1 Å². The van der Waals surface area contributed by atoms with E-state index in [1.165, 1.54) is 25.4 Å². The Bertz CT molecular complexity index is 1470. The Morgan fingerprint density at radius 1 is 0.917 bits per heavy atom. The fourth-order valence-corrected chi connectivity index (χ4v) is 4.81. The number of carbonyl (C=O) groups is 1. The quantitative estimate of drug-likeness (QED) is 0.283. The predicted molar refractivity (Wildman–Crippen MR) is 125 cm³/mol. The lowest BCUT2D eigenvalue weighted by Crippen LogP contribution is -2.33. The summed E-state index contributed by atoms with van der Waals surface area (Å²) in [6, 6.07) is 11.4. The molecule has 0 radical (unpaired) electrons. The molecule has 0 bridgehead atoms. The van der Waals surface area contributed by atoms with Crippen LogP contribution in [0.15, 0.2) is 64.8 Å². The Kier molecular flexibility index (Phi) is 6.46. The monoisotopic (exact) mass is 524 g/mol. The molecule has 4 nitrogen and oxygen atoms in total. The van der Waals surface area contributed by atoms with E-state index in [9.17, 15) is 35.9 Å². The average molecular weight is 524 g/mol. The number of amides is 1. The van der Waals surface area contributed by atoms with E-state index in [1.54, 1.807) is 41.8 Å². The lowest BCUT2D eigenvalue weighted by Gasteiger charge is -2.23. The van der Waals surface area contributed by atoms with E-state index in [0.29, 0.717) is 33.3 Å². The fourth-order valence-electron chi connectivity index (χ4n) is 4.02. The number of hydrogen-bond acceptors (Lipinski definition) is 3. The molecule has 0 N–H and O–H groups in total.